The molecule has 1 aromatic carbocycles. The van der Waals surface area contributed by atoms with Crippen molar-refractivity contribution in [2.24, 2.45) is 0 Å². The number of carbonyl (C=O) groups excluding carboxylic acids is 1. The van der Waals surface area contributed by atoms with E-state index in [-0.39, 0.29) is 109 Å². The number of aliphatic hydroxyl groups excluding tert-OH is 2. The molecule has 0 aliphatic heterocycles. The molecular formula is C24H37O3Y3-. The van der Waals surface area contributed by atoms with Crippen LogP contribution in [-0.4, -0.2) is 28.2 Å². The molecule has 0 unspecified atom stereocenters. The van der Waals surface area contributed by atoms with Crippen molar-refractivity contribution in [3.05, 3.63) is 47.9 Å². The van der Waals surface area contributed by atoms with Crippen molar-refractivity contribution in [1.82, 2.24) is 0 Å². The van der Waals surface area contributed by atoms with Crippen LogP contribution in [0.2, 0.25) is 0 Å². The van der Waals surface area contributed by atoms with Gasteiger partial charge in [-0.25, -0.2) is 0 Å². The van der Waals surface area contributed by atoms with Gasteiger partial charge in [0.05, 0.1) is 12.2 Å². The second kappa shape index (κ2) is 20.3. The first-order valence-corrected chi connectivity index (χ1v) is 10.3. The maximum Gasteiger partial charge on any atom is 0.129 e. The van der Waals surface area contributed by atoms with Crippen LogP contribution in [0.15, 0.2) is 30.3 Å². The first-order valence-electron chi connectivity index (χ1n) is 10.3. The minimum Gasteiger partial charge on any atom is -0.390 e. The summed E-state index contributed by atoms with van der Waals surface area (Å²) < 4.78 is 0. The SMILES string of the molecule is CCCCC[CH-]C(C)(C)c1ccccc1/C=C/[C@@H](O)[C@@H](O)CCCC(C)=O.[Y].[Y].[Y]. The van der Waals surface area contributed by atoms with E-state index in [0.717, 1.165) is 12.0 Å². The third-order valence-corrected chi connectivity index (χ3v) is 5.01. The number of hydrogen-bond donors (Lipinski definition) is 2. The van der Waals surface area contributed by atoms with Crippen LogP contribution < -0.4 is 0 Å². The maximum absolute atomic E-state index is 11.0. The van der Waals surface area contributed by atoms with E-state index in [9.17, 15) is 15.0 Å². The van der Waals surface area contributed by atoms with Crippen LogP contribution in [0.4, 0.5) is 0 Å². The second-order valence-electron chi connectivity index (χ2n) is 8.02. The summed E-state index contributed by atoms with van der Waals surface area (Å²) in [5, 5.41) is 20.3. The Morgan fingerprint density at radius 3 is 2.33 bits per heavy atom. The van der Waals surface area contributed by atoms with Crippen molar-refractivity contribution in [3.8, 4) is 0 Å². The third kappa shape index (κ3) is 14.9. The molecule has 2 N–H and O–H groups in total. The van der Waals surface area contributed by atoms with Crippen molar-refractivity contribution in [2.45, 2.75) is 90.3 Å². The molecule has 0 aliphatic rings. The molecule has 0 heterocycles. The number of aliphatic hydroxyl groups is 2. The predicted molar refractivity (Wildman–Crippen MR) is 113 cm³/mol. The molecule has 161 valence electrons. The smallest absolute Gasteiger partial charge is 0.129 e. The van der Waals surface area contributed by atoms with Crippen LogP contribution in [0.5, 0.6) is 0 Å². The summed E-state index contributed by atoms with van der Waals surface area (Å²) in [5.74, 6) is 0.110. The van der Waals surface area contributed by atoms with Crippen molar-refractivity contribution >= 4 is 11.9 Å². The Balaban J connectivity index is -0.00000243. The van der Waals surface area contributed by atoms with Gasteiger partial charge in [0.15, 0.2) is 0 Å². The number of hydrogen-bond acceptors (Lipinski definition) is 3. The van der Waals surface area contributed by atoms with Crippen LogP contribution >= 0.6 is 0 Å². The van der Waals surface area contributed by atoms with Crippen molar-refractivity contribution in [2.75, 3.05) is 0 Å². The fraction of sp³-hybridized carbons (Fsp3) is 0.583. The normalized spacial score (nSPS) is 13.0. The molecule has 0 aromatic heterocycles. The second-order valence-corrected chi connectivity index (χ2v) is 8.02. The molecule has 3 nitrogen and oxygen atoms in total. The van der Waals surface area contributed by atoms with E-state index in [1.54, 1.807) is 13.0 Å². The van der Waals surface area contributed by atoms with Crippen molar-refractivity contribution < 1.29 is 113 Å². The number of carbonyl (C=O) groups is 1. The molecule has 0 amide bonds. The molecule has 3 radical (unpaired) electrons. The number of rotatable bonds is 13. The van der Waals surface area contributed by atoms with Crippen LogP contribution in [0, 0.1) is 6.42 Å². The molecule has 30 heavy (non-hydrogen) atoms. The number of unbranched alkanes of at least 4 members (excludes halogenated alkanes) is 3. The van der Waals surface area contributed by atoms with Crippen molar-refractivity contribution in [3.63, 3.8) is 0 Å². The van der Waals surface area contributed by atoms with Gasteiger partial charge in [0, 0.05) is 105 Å². The van der Waals surface area contributed by atoms with Crippen LogP contribution in [0.3, 0.4) is 0 Å². The van der Waals surface area contributed by atoms with Gasteiger partial charge < -0.3 is 21.4 Å². The maximum atomic E-state index is 11.0. The summed E-state index contributed by atoms with van der Waals surface area (Å²) in [4.78, 5) is 11.0. The minimum atomic E-state index is -0.929. The average molecular weight is 640 g/mol. The number of benzene rings is 1. The summed E-state index contributed by atoms with van der Waals surface area (Å²) in [6, 6.07) is 8.21. The summed E-state index contributed by atoms with van der Waals surface area (Å²) in [6.45, 7) is 8.20. The molecule has 1 aromatic rings. The van der Waals surface area contributed by atoms with E-state index in [1.165, 1.54) is 24.8 Å². The van der Waals surface area contributed by atoms with Crippen LogP contribution in [0.1, 0.15) is 83.8 Å². The summed E-state index contributed by atoms with van der Waals surface area (Å²) in [7, 11) is 0. The van der Waals surface area contributed by atoms with E-state index >= 15 is 0 Å². The van der Waals surface area contributed by atoms with Gasteiger partial charge in [-0.15, -0.1) is 5.41 Å². The molecule has 1 rings (SSSR count). The fourth-order valence-electron chi connectivity index (χ4n) is 3.26. The van der Waals surface area contributed by atoms with Gasteiger partial charge in [-0.05, 0) is 25.3 Å². The fourth-order valence-corrected chi connectivity index (χ4v) is 3.26. The van der Waals surface area contributed by atoms with E-state index in [0.29, 0.717) is 19.3 Å². The summed E-state index contributed by atoms with van der Waals surface area (Å²) in [6.07, 6.45) is 10.4. The monoisotopic (exact) mass is 640 g/mol. The molecule has 2 atom stereocenters. The molecule has 6 heteroatoms. The predicted octanol–water partition coefficient (Wildman–Crippen LogP) is 5.24. The Hall–Kier alpha value is 1.86. The molecule has 0 bridgehead atoms. The molecular weight excluding hydrogens is 603 g/mol. The molecule has 0 fully saturated rings. The first kappa shape index (κ1) is 36.4. The minimum absolute atomic E-state index is 0. The Bertz CT molecular complexity index is 603. The largest absolute Gasteiger partial charge is 0.390 e. The van der Waals surface area contributed by atoms with Gasteiger partial charge in [-0.2, -0.15) is 6.42 Å². The zero-order valence-corrected chi connectivity index (χ0v) is 27.7. The van der Waals surface area contributed by atoms with E-state index in [4.69, 9.17) is 0 Å². The first-order chi connectivity index (χ1) is 12.8. The Labute approximate surface area is 259 Å². The van der Waals surface area contributed by atoms with Gasteiger partial charge in [-0.1, -0.05) is 82.0 Å². The number of Topliss-reactive ketones (excluding diaryl/α,β-unsaturated/α-hetero) is 1. The Kier molecular flexibility index (Phi) is 24.6. The molecule has 0 saturated heterocycles. The molecule has 0 spiro atoms. The van der Waals surface area contributed by atoms with Gasteiger partial charge >= 0.3 is 0 Å². The van der Waals surface area contributed by atoms with Gasteiger partial charge in [0.1, 0.15) is 5.78 Å². The molecule has 0 saturated carbocycles. The van der Waals surface area contributed by atoms with E-state index < -0.39 is 12.2 Å². The van der Waals surface area contributed by atoms with Crippen molar-refractivity contribution in [1.29, 1.82) is 0 Å². The zero-order chi connectivity index (χ0) is 20.3. The summed E-state index contributed by atoms with van der Waals surface area (Å²) >= 11 is 0. The molecule has 0 aliphatic carbocycles. The standard InChI is InChI=1S/C24H37O3.3Y/c1-5-6-7-10-18-24(3,4)21-14-9-8-13-20(21)16-17-23(27)22(26)15-11-12-19(2)25;;;/h8-9,13-14,16-18,22-23,26-27H,5-7,10-12,15H2,1-4H3;;;/q-1;;;/b17-16+;;;/t22-,23+;;;/m0.../s1. The van der Waals surface area contributed by atoms with E-state index in [2.05, 4.69) is 33.3 Å². The quantitative estimate of drug-likeness (QED) is 0.230. The topological polar surface area (TPSA) is 57.5 Å². The van der Waals surface area contributed by atoms with Gasteiger partial charge in [-0.3, -0.25) is 0 Å². The van der Waals surface area contributed by atoms with Gasteiger partial charge in [0.25, 0.3) is 0 Å². The van der Waals surface area contributed by atoms with Crippen LogP contribution in [0.25, 0.3) is 6.08 Å². The number of ketones is 1. The van der Waals surface area contributed by atoms with Gasteiger partial charge in [0.2, 0.25) is 0 Å². The summed E-state index contributed by atoms with van der Waals surface area (Å²) in [5.41, 5.74) is 2.22. The Morgan fingerprint density at radius 1 is 1.10 bits per heavy atom. The van der Waals surface area contributed by atoms with E-state index in [1.807, 2.05) is 24.3 Å². The average Bonchev–Trinajstić information content (AvgIpc) is 2.63. The third-order valence-electron chi connectivity index (χ3n) is 5.01. The zero-order valence-electron chi connectivity index (χ0n) is 19.2. The Morgan fingerprint density at radius 2 is 1.73 bits per heavy atom. The van der Waals surface area contributed by atoms with Crippen LogP contribution in [-0.2, 0) is 108 Å².